The molecule has 0 aliphatic heterocycles. The predicted molar refractivity (Wildman–Crippen MR) is 73.3 cm³/mol. The number of nitrogens with one attached hydrogen (secondary N) is 1. The van der Waals surface area contributed by atoms with E-state index in [0.29, 0.717) is 13.0 Å². The second-order valence-corrected chi connectivity index (χ2v) is 4.19. The first-order valence-corrected chi connectivity index (χ1v) is 6.20. The maximum atomic E-state index is 13.3. The molecule has 0 spiro atoms. The summed E-state index contributed by atoms with van der Waals surface area (Å²) in [5.41, 5.74) is 5.56. The van der Waals surface area contributed by atoms with Gasteiger partial charge in [-0.05, 0) is 31.5 Å². The molecule has 1 rings (SSSR count). The standard InChI is InChI=1S/C14H17FN2O3/c15-11-5-2-1-4-10(11)7-8-13(18)17-12(14(19)20)6-3-9-16/h1-2,4-5,7-8,12H,3,6,9,16H2,(H,17,18)(H,19,20)/t12-/m1/s1. The van der Waals surface area contributed by atoms with Crippen molar-refractivity contribution in [2.24, 2.45) is 5.73 Å². The van der Waals surface area contributed by atoms with Crippen molar-refractivity contribution in [3.8, 4) is 0 Å². The molecule has 0 fully saturated rings. The first kappa shape index (κ1) is 15.8. The van der Waals surface area contributed by atoms with E-state index in [4.69, 9.17) is 10.8 Å². The second kappa shape index (κ2) is 8.06. The third-order valence-electron chi connectivity index (χ3n) is 2.63. The summed E-state index contributed by atoms with van der Waals surface area (Å²) in [6, 6.07) is 4.99. The molecule has 0 aliphatic carbocycles. The highest BCUT2D eigenvalue weighted by molar-refractivity contribution is 5.94. The highest BCUT2D eigenvalue weighted by atomic mass is 19.1. The second-order valence-electron chi connectivity index (χ2n) is 4.19. The zero-order valence-electron chi connectivity index (χ0n) is 10.9. The normalized spacial score (nSPS) is 12.3. The Hall–Kier alpha value is -2.21. The van der Waals surface area contributed by atoms with E-state index in [9.17, 15) is 14.0 Å². The molecule has 108 valence electrons. The van der Waals surface area contributed by atoms with Crippen LogP contribution in [0.5, 0.6) is 0 Å². The Kier molecular flexibility index (Phi) is 6.39. The lowest BCUT2D eigenvalue weighted by Crippen LogP contribution is -2.40. The smallest absolute Gasteiger partial charge is 0.326 e. The molecular weight excluding hydrogens is 263 g/mol. The van der Waals surface area contributed by atoms with Crippen LogP contribution in [0.2, 0.25) is 0 Å². The summed E-state index contributed by atoms with van der Waals surface area (Å²) in [5.74, 6) is -2.15. The number of carboxylic acid groups (broad SMARTS) is 1. The summed E-state index contributed by atoms with van der Waals surface area (Å²) < 4.78 is 13.3. The predicted octanol–water partition coefficient (Wildman–Crippen LogP) is 1.15. The first-order chi connectivity index (χ1) is 9.54. The van der Waals surface area contributed by atoms with Crippen molar-refractivity contribution in [3.05, 3.63) is 41.7 Å². The van der Waals surface area contributed by atoms with E-state index < -0.39 is 23.7 Å². The van der Waals surface area contributed by atoms with Gasteiger partial charge in [-0.2, -0.15) is 0 Å². The monoisotopic (exact) mass is 280 g/mol. The van der Waals surface area contributed by atoms with E-state index in [1.807, 2.05) is 0 Å². The van der Waals surface area contributed by atoms with E-state index >= 15 is 0 Å². The number of carboxylic acids is 1. The molecule has 0 heterocycles. The minimum atomic E-state index is -1.12. The third-order valence-corrected chi connectivity index (χ3v) is 2.63. The first-order valence-electron chi connectivity index (χ1n) is 6.20. The molecule has 0 saturated carbocycles. The van der Waals surface area contributed by atoms with Gasteiger partial charge in [-0.3, -0.25) is 4.79 Å². The molecule has 0 saturated heterocycles. The van der Waals surface area contributed by atoms with Gasteiger partial charge in [0.25, 0.3) is 0 Å². The van der Waals surface area contributed by atoms with Crippen LogP contribution >= 0.6 is 0 Å². The number of benzene rings is 1. The van der Waals surface area contributed by atoms with Crippen LogP contribution in [-0.2, 0) is 9.59 Å². The Labute approximate surface area is 116 Å². The zero-order valence-corrected chi connectivity index (χ0v) is 10.9. The van der Waals surface area contributed by atoms with Crippen LogP contribution in [0.25, 0.3) is 6.08 Å². The fraction of sp³-hybridized carbons (Fsp3) is 0.286. The van der Waals surface area contributed by atoms with E-state index in [1.165, 1.54) is 18.2 Å². The molecule has 20 heavy (non-hydrogen) atoms. The minimum absolute atomic E-state index is 0.255. The van der Waals surface area contributed by atoms with Gasteiger partial charge in [0.15, 0.2) is 0 Å². The Balaban J connectivity index is 2.61. The number of hydrogen-bond acceptors (Lipinski definition) is 3. The fourth-order valence-corrected chi connectivity index (χ4v) is 1.57. The van der Waals surface area contributed by atoms with Gasteiger partial charge in [0.1, 0.15) is 11.9 Å². The molecule has 1 atom stereocenters. The summed E-state index contributed by atoms with van der Waals surface area (Å²) in [4.78, 5) is 22.5. The Morgan fingerprint density at radius 1 is 1.40 bits per heavy atom. The fourth-order valence-electron chi connectivity index (χ4n) is 1.57. The van der Waals surface area contributed by atoms with Gasteiger partial charge in [0, 0.05) is 11.6 Å². The number of halogens is 1. The maximum Gasteiger partial charge on any atom is 0.326 e. The van der Waals surface area contributed by atoms with Crippen LogP contribution in [0.4, 0.5) is 4.39 Å². The number of aliphatic carboxylic acids is 1. The van der Waals surface area contributed by atoms with Gasteiger partial charge in [-0.15, -0.1) is 0 Å². The molecule has 0 radical (unpaired) electrons. The molecule has 1 aromatic rings. The highest BCUT2D eigenvalue weighted by Crippen LogP contribution is 2.08. The number of carbonyl (C=O) groups is 2. The highest BCUT2D eigenvalue weighted by Gasteiger charge is 2.17. The number of amides is 1. The van der Waals surface area contributed by atoms with Crippen molar-refractivity contribution in [3.63, 3.8) is 0 Å². The molecule has 0 unspecified atom stereocenters. The minimum Gasteiger partial charge on any atom is -0.480 e. The summed E-state index contributed by atoms with van der Waals surface area (Å²) in [7, 11) is 0. The van der Waals surface area contributed by atoms with Gasteiger partial charge in [-0.1, -0.05) is 18.2 Å². The summed E-state index contributed by atoms with van der Waals surface area (Å²) in [5, 5.41) is 11.3. The number of hydrogen-bond donors (Lipinski definition) is 3. The van der Waals surface area contributed by atoms with Crippen molar-refractivity contribution in [2.75, 3.05) is 6.54 Å². The number of nitrogens with two attached hydrogens (primary N) is 1. The molecule has 0 bridgehead atoms. The van der Waals surface area contributed by atoms with Crippen LogP contribution in [-0.4, -0.2) is 29.6 Å². The van der Waals surface area contributed by atoms with Crippen molar-refractivity contribution < 1.29 is 19.1 Å². The van der Waals surface area contributed by atoms with Gasteiger partial charge < -0.3 is 16.2 Å². The van der Waals surface area contributed by atoms with Crippen LogP contribution in [0, 0.1) is 5.82 Å². The molecule has 0 aromatic heterocycles. The number of carbonyl (C=O) groups excluding carboxylic acids is 1. The summed E-state index contributed by atoms with van der Waals surface area (Å²) in [6.45, 7) is 0.352. The van der Waals surface area contributed by atoms with Crippen LogP contribution in [0.3, 0.4) is 0 Å². The SMILES string of the molecule is NCCC[C@@H](NC(=O)C=Cc1ccccc1F)C(=O)O. The Morgan fingerprint density at radius 2 is 2.10 bits per heavy atom. The number of rotatable bonds is 7. The topological polar surface area (TPSA) is 92.4 Å². The molecule has 1 amide bonds. The van der Waals surface area contributed by atoms with E-state index in [-0.39, 0.29) is 12.0 Å². The molecule has 4 N–H and O–H groups in total. The van der Waals surface area contributed by atoms with E-state index in [1.54, 1.807) is 12.1 Å². The average Bonchev–Trinajstić information content (AvgIpc) is 2.42. The molecule has 1 aromatic carbocycles. The van der Waals surface area contributed by atoms with Gasteiger partial charge in [0.2, 0.25) is 5.91 Å². The zero-order chi connectivity index (χ0) is 15.0. The van der Waals surface area contributed by atoms with Gasteiger partial charge in [-0.25, -0.2) is 9.18 Å². The van der Waals surface area contributed by atoms with Crippen LogP contribution < -0.4 is 11.1 Å². The van der Waals surface area contributed by atoms with Crippen molar-refractivity contribution >= 4 is 18.0 Å². The van der Waals surface area contributed by atoms with Crippen LogP contribution in [0.15, 0.2) is 30.3 Å². The van der Waals surface area contributed by atoms with E-state index in [0.717, 1.165) is 6.08 Å². The van der Waals surface area contributed by atoms with Crippen molar-refractivity contribution in [1.29, 1.82) is 0 Å². The molecule has 6 heteroatoms. The average molecular weight is 280 g/mol. The largest absolute Gasteiger partial charge is 0.480 e. The maximum absolute atomic E-state index is 13.3. The van der Waals surface area contributed by atoms with Crippen molar-refractivity contribution in [2.45, 2.75) is 18.9 Å². The quantitative estimate of drug-likeness (QED) is 0.653. The Bertz CT molecular complexity index is 503. The lowest BCUT2D eigenvalue weighted by atomic mass is 10.1. The summed E-state index contributed by atoms with van der Waals surface area (Å²) >= 11 is 0. The lowest BCUT2D eigenvalue weighted by Gasteiger charge is -2.12. The molecule has 0 aliphatic rings. The lowest BCUT2D eigenvalue weighted by molar-refractivity contribution is -0.141. The van der Waals surface area contributed by atoms with Gasteiger partial charge >= 0.3 is 5.97 Å². The van der Waals surface area contributed by atoms with E-state index in [2.05, 4.69) is 5.32 Å². The molecule has 5 nitrogen and oxygen atoms in total. The third kappa shape index (κ3) is 5.19. The van der Waals surface area contributed by atoms with Crippen molar-refractivity contribution in [1.82, 2.24) is 5.32 Å². The van der Waals surface area contributed by atoms with Crippen LogP contribution in [0.1, 0.15) is 18.4 Å². The summed E-state index contributed by atoms with van der Waals surface area (Å²) in [6.07, 6.45) is 3.16. The van der Waals surface area contributed by atoms with Gasteiger partial charge in [0.05, 0.1) is 0 Å². The Morgan fingerprint density at radius 3 is 2.70 bits per heavy atom. The molecular formula is C14H17FN2O3.